The maximum atomic E-state index is 13.0. The van der Waals surface area contributed by atoms with Crippen LogP contribution in [-0.4, -0.2) is 38.3 Å². The zero-order chi connectivity index (χ0) is 17.2. The van der Waals surface area contributed by atoms with Crippen molar-refractivity contribution in [1.82, 2.24) is 19.9 Å². The second-order valence-corrected chi connectivity index (χ2v) is 7.18. The van der Waals surface area contributed by atoms with Gasteiger partial charge in [-0.1, -0.05) is 18.9 Å². The lowest BCUT2D eigenvalue weighted by atomic mass is 10.2. The molecule has 3 heterocycles. The zero-order valence-corrected chi connectivity index (χ0v) is 14.8. The minimum absolute atomic E-state index is 0.00803. The van der Waals surface area contributed by atoms with E-state index < -0.39 is 0 Å². The quantitative estimate of drug-likeness (QED) is 0.698. The van der Waals surface area contributed by atoms with Gasteiger partial charge in [0.1, 0.15) is 16.3 Å². The van der Waals surface area contributed by atoms with Gasteiger partial charge in [-0.05, 0) is 25.0 Å². The van der Waals surface area contributed by atoms with Crippen LogP contribution in [0.3, 0.4) is 0 Å². The average Bonchev–Trinajstić information content (AvgIpc) is 3.39. The third-order valence-electron chi connectivity index (χ3n) is 4.77. The summed E-state index contributed by atoms with van der Waals surface area (Å²) in [6.45, 7) is 4.38. The van der Waals surface area contributed by atoms with Gasteiger partial charge in [-0.3, -0.25) is 4.79 Å². The maximum Gasteiger partial charge on any atom is 0.273 e. The Hall–Kier alpha value is -2.47. The fourth-order valence-electron chi connectivity index (χ4n) is 3.54. The molecule has 3 aromatic heterocycles. The number of fused-ring (bicyclic) bond motifs is 1. The lowest BCUT2D eigenvalue weighted by molar-refractivity contribution is 0.0701. The number of aromatic amines is 1. The van der Waals surface area contributed by atoms with Gasteiger partial charge < -0.3 is 9.88 Å². The summed E-state index contributed by atoms with van der Waals surface area (Å²) >= 11 is 1.50. The third kappa shape index (κ3) is 2.98. The molecule has 1 aliphatic rings. The minimum Gasteiger partial charge on any atom is -0.346 e. The standard InChI is InChI=1S/C19H20N4OS/c1-2-11-23(13-5-3-4-6-13)19(24)16-12-25-18(22-16)15-8-10-21-17-14(15)7-9-20-17/h2,7-10,12-13H,1,3-6,11H2,(H,20,21). The topological polar surface area (TPSA) is 61.9 Å². The fourth-order valence-corrected chi connectivity index (χ4v) is 4.38. The fraction of sp³-hybridized carbons (Fsp3) is 0.316. The number of rotatable bonds is 5. The van der Waals surface area contributed by atoms with Gasteiger partial charge in [0.2, 0.25) is 0 Å². The summed E-state index contributed by atoms with van der Waals surface area (Å²) in [6.07, 6.45) is 9.96. The van der Waals surface area contributed by atoms with E-state index in [0.29, 0.717) is 18.3 Å². The number of amides is 1. The van der Waals surface area contributed by atoms with Gasteiger partial charge in [0, 0.05) is 41.3 Å². The number of carbonyl (C=O) groups excluding carboxylic acids is 1. The SMILES string of the molecule is C=CCN(C(=O)c1csc(-c2ccnc3[nH]ccc23)n1)C1CCCC1. The number of carbonyl (C=O) groups is 1. The summed E-state index contributed by atoms with van der Waals surface area (Å²) in [6, 6.07) is 4.25. The predicted molar refractivity (Wildman–Crippen MR) is 101 cm³/mol. The van der Waals surface area contributed by atoms with Crippen LogP contribution in [0.5, 0.6) is 0 Å². The van der Waals surface area contributed by atoms with E-state index in [0.717, 1.165) is 34.4 Å². The van der Waals surface area contributed by atoms with E-state index in [2.05, 4.69) is 21.5 Å². The van der Waals surface area contributed by atoms with Crippen molar-refractivity contribution in [3.8, 4) is 10.6 Å². The molecule has 1 N–H and O–H groups in total. The number of aromatic nitrogens is 3. The van der Waals surface area contributed by atoms with Gasteiger partial charge in [0.25, 0.3) is 5.91 Å². The highest BCUT2D eigenvalue weighted by Gasteiger charge is 2.28. The van der Waals surface area contributed by atoms with Crippen LogP contribution in [0.15, 0.2) is 42.6 Å². The molecule has 5 nitrogen and oxygen atoms in total. The molecule has 0 saturated heterocycles. The van der Waals surface area contributed by atoms with Crippen molar-refractivity contribution in [3.63, 3.8) is 0 Å². The van der Waals surface area contributed by atoms with E-state index in [4.69, 9.17) is 0 Å². The van der Waals surface area contributed by atoms with E-state index in [1.165, 1.54) is 24.2 Å². The largest absolute Gasteiger partial charge is 0.346 e. The summed E-state index contributed by atoms with van der Waals surface area (Å²) in [4.78, 5) is 27.0. The molecule has 128 valence electrons. The molecule has 3 aromatic rings. The van der Waals surface area contributed by atoms with E-state index in [1.807, 2.05) is 28.6 Å². The lowest BCUT2D eigenvalue weighted by Crippen LogP contribution is -2.39. The molecule has 0 unspecified atom stereocenters. The van der Waals surface area contributed by atoms with Crippen LogP contribution in [0.1, 0.15) is 36.2 Å². The Bertz CT molecular complexity index is 907. The number of hydrogen-bond acceptors (Lipinski definition) is 4. The van der Waals surface area contributed by atoms with Gasteiger partial charge >= 0.3 is 0 Å². The molecule has 1 aliphatic carbocycles. The molecule has 0 spiro atoms. The molecule has 1 saturated carbocycles. The highest BCUT2D eigenvalue weighted by molar-refractivity contribution is 7.13. The molecule has 0 bridgehead atoms. The highest BCUT2D eigenvalue weighted by atomic mass is 32.1. The molecule has 0 aliphatic heterocycles. The van der Waals surface area contributed by atoms with Crippen LogP contribution in [0, 0.1) is 0 Å². The first kappa shape index (κ1) is 16.0. The van der Waals surface area contributed by atoms with Crippen molar-refractivity contribution < 1.29 is 4.79 Å². The highest BCUT2D eigenvalue weighted by Crippen LogP contribution is 2.31. The van der Waals surface area contributed by atoms with Crippen molar-refractivity contribution in [2.45, 2.75) is 31.7 Å². The Kier molecular flexibility index (Phi) is 4.36. The normalized spacial score (nSPS) is 14.9. The van der Waals surface area contributed by atoms with Crippen LogP contribution >= 0.6 is 11.3 Å². The Morgan fingerprint density at radius 1 is 1.40 bits per heavy atom. The Morgan fingerprint density at radius 2 is 2.24 bits per heavy atom. The van der Waals surface area contributed by atoms with Crippen molar-refractivity contribution in [2.24, 2.45) is 0 Å². The van der Waals surface area contributed by atoms with Crippen LogP contribution in [-0.2, 0) is 0 Å². The number of hydrogen-bond donors (Lipinski definition) is 1. The smallest absolute Gasteiger partial charge is 0.273 e. The molecule has 25 heavy (non-hydrogen) atoms. The van der Waals surface area contributed by atoms with Crippen molar-refractivity contribution in [2.75, 3.05) is 6.54 Å². The monoisotopic (exact) mass is 352 g/mol. The molecule has 4 rings (SSSR count). The van der Waals surface area contributed by atoms with Crippen molar-refractivity contribution in [3.05, 3.63) is 48.3 Å². The second kappa shape index (κ2) is 6.80. The Morgan fingerprint density at radius 3 is 3.04 bits per heavy atom. The van der Waals surface area contributed by atoms with E-state index in [1.54, 1.807) is 12.3 Å². The van der Waals surface area contributed by atoms with Gasteiger partial charge in [-0.25, -0.2) is 9.97 Å². The molecular formula is C19H20N4OS. The minimum atomic E-state index is 0.00803. The van der Waals surface area contributed by atoms with Crippen molar-refractivity contribution in [1.29, 1.82) is 0 Å². The summed E-state index contributed by atoms with van der Waals surface area (Å²) in [7, 11) is 0. The zero-order valence-electron chi connectivity index (χ0n) is 13.9. The number of pyridine rings is 1. The van der Waals surface area contributed by atoms with Crippen LogP contribution < -0.4 is 0 Å². The van der Waals surface area contributed by atoms with E-state index in [-0.39, 0.29) is 5.91 Å². The first-order valence-electron chi connectivity index (χ1n) is 8.58. The summed E-state index contributed by atoms with van der Waals surface area (Å²) < 4.78 is 0. The summed E-state index contributed by atoms with van der Waals surface area (Å²) in [5.74, 6) is 0.00803. The second-order valence-electron chi connectivity index (χ2n) is 6.32. The summed E-state index contributed by atoms with van der Waals surface area (Å²) in [5.41, 5.74) is 2.36. The molecular weight excluding hydrogens is 332 g/mol. The molecule has 0 radical (unpaired) electrons. The van der Waals surface area contributed by atoms with Crippen LogP contribution in [0.25, 0.3) is 21.6 Å². The first-order valence-corrected chi connectivity index (χ1v) is 9.46. The molecule has 1 amide bonds. The van der Waals surface area contributed by atoms with Gasteiger partial charge in [-0.15, -0.1) is 17.9 Å². The van der Waals surface area contributed by atoms with E-state index in [9.17, 15) is 4.79 Å². The third-order valence-corrected chi connectivity index (χ3v) is 5.64. The van der Waals surface area contributed by atoms with Crippen LogP contribution in [0.4, 0.5) is 0 Å². The summed E-state index contributed by atoms with van der Waals surface area (Å²) in [5, 5.41) is 3.73. The lowest BCUT2D eigenvalue weighted by Gasteiger charge is -2.27. The number of nitrogens with zero attached hydrogens (tertiary/aromatic N) is 3. The number of thiazole rings is 1. The number of nitrogens with one attached hydrogen (secondary N) is 1. The molecule has 0 atom stereocenters. The van der Waals surface area contributed by atoms with E-state index >= 15 is 0 Å². The van der Waals surface area contributed by atoms with Gasteiger partial charge in [-0.2, -0.15) is 0 Å². The first-order chi connectivity index (χ1) is 12.3. The van der Waals surface area contributed by atoms with Gasteiger partial charge in [0.15, 0.2) is 0 Å². The predicted octanol–water partition coefficient (Wildman–Crippen LogP) is 4.26. The number of H-pyrrole nitrogens is 1. The molecule has 0 aromatic carbocycles. The van der Waals surface area contributed by atoms with Crippen molar-refractivity contribution >= 4 is 28.3 Å². The Balaban J connectivity index is 1.64. The maximum absolute atomic E-state index is 13.0. The molecule has 1 fully saturated rings. The average molecular weight is 352 g/mol. The van der Waals surface area contributed by atoms with Gasteiger partial charge in [0.05, 0.1) is 0 Å². The Labute approximate surface area is 150 Å². The molecule has 6 heteroatoms. The van der Waals surface area contributed by atoms with Crippen LogP contribution in [0.2, 0.25) is 0 Å².